The molecule has 2 heterocycles. The first-order valence-corrected chi connectivity index (χ1v) is 10.4. The average Bonchev–Trinajstić information content (AvgIpc) is 3.20. The fraction of sp³-hybridized carbons (Fsp3) is 0.375. The standard InChI is InChI=1S/C24H27FN2O2/c1-4-27(5-2)12-6-7-16-8-10-18-19(13-16)15(3)29-23(18)22-20-14-17(25)9-11-21(20)26-24(22)28/h8-11,13-15H,4-7,12H2,1-3H3,(H,26,28)/b23-22+. The van der Waals surface area contributed by atoms with Crippen molar-refractivity contribution in [2.24, 2.45) is 0 Å². The van der Waals surface area contributed by atoms with Gasteiger partial charge in [-0.3, -0.25) is 4.79 Å². The minimum atomic E-state index is -0.367. The summed E-state index contributed by atoms with van der Waals surface area (Å²) in [5.41, 5.74) is 4.89. The molecule has 152 valence electrons. The number of anilines is 1. The molecule has 2 aromatic carbocycles. The summed E-state index contributed by atoms with van der Waals surface area (Å²) < 4.78 is 19.9. The molecule has 0 saturated heterocycles. The molecule has 0 aromatic heterocycles. The van der Waals surface area contributed by atoms with Crippen LogP contribution in [0.25, 0.3) is 11.3 Å². The number of amides is 1. The molecule has 0 fully saturated rings. The highest BCUT2D eigenvalue weighted by molar-refractivity contribution is 6.36. The van der Waals surface area contributed by atoms with Crippen LogP contribution in [0.2, 0.25) is 0 Å². The van der Waals surface area contributed by atoms with Gasteiger partial charge in [-0.15, -0.1) is 0 Å². The van der Waals surface area contributed by atoms with Gasteiger partial charge in [0.25, 0.3) is 5.91 Å². The summed E-state index contributed by atoms with van der Waals surface area (Å²) in [6.45, 7) is 9.62. The van der Waals surface area contributed by atoms with E-state index in [1.165, 1.54) is 17.7 Å². The maximum Gasteiger partial charge on any atom is 0.260 e. The van der Waals surface area contributed by atoms with E-state index in [4.69, 9.17) is 4.74 Å². The number of hydrogen-bond acceptors (Lipinski definition) is 3. The first kappa shape index (κ1) is 19.6. The first-order chi connectivity index (χ1) is 14.0. The van der Waals surface area contributed by atoms with Gasteiger partial charge < -0.3 is 15.0 Å². The Kier molecular flexibility index (Phi) is 5.41. The maximum absolute atomic E-state index is 13.8. The summed E-state index contributed by atoms with van der Waals surface area (Å²) in [7, 11) is 0. The Morgan fingerprint density at radius 3 is 2.66 bits per heavy atom. The van der Waals surface area contributed by atoms with Crippen molar-refractivity contribution in [3.63, 3.8) is 0 Å². The van der Waals surface area contributed by atoms with Gasteiger partial charge in [0.1, 0.15) is 17.7 Å². The predicted octanol–water partition coefficient (Wildman–Crippen LogP) is 5.01. The van der Waals surface area contributed by atoms with E-state index in [1.54, 1.807) is 6.07 Å². The molecule has 5 heteroatoms. The number of halogens is 1. The number of aryl methyl sites for hydroxylation is 1. The van der Waals surface area contributed by atoms with Crippen molar-refractivity contribution in [1.82, 2.24) is 4.90 Å². The summed E-state index contributed by atoms with van der Waals surface area (Å²) in [4.78, 5) is 15.0. The second kappa shape index (κ2) is 7.99. The molecule has 2 aliphatic rings. The number of benzene rings is 2. The molecule has 0 spiro atoms. The van der Waals surface area contributed by atoms with Crippen molar-refractivity contribution in [3.8, 4) is 0 Å². The van der Waals surface area contributed by atoms with Crippen LogP contribution in [-0.2, 0) is 16.0 Å². The number of nitrogens with zero attached hydrogens (tertiary/aromatic N) is 1. The molecule has 0 aliphatic carbocycles. The van der Waals surface area contributed by atoms with Crippen molar-refractivity contribution in [2.75, 3.05) is 25.0 Å². The Hall–Kier alpha value is -2.66. The van der Waals surface area contributed by atoms with Crippen LogP contribution in [0, 0.1) is 5.82 Å². The number of carbonyl (C=O) groups excluding carboxylic acids is 1. The lowest BCUT2D eigenvalue weighted by atomic mass is 9.96. The van der Waals surface area contributed by atoms with E-state index < -0.39 is 0 Å². The summed E-state index contributed by atoms with van der Waals surface area (Å²) >= 11 is 0. The van der Waals surface area contributed by atoms with Crippen LogP contribution >= 0.6 is 0 Å². The van der Waals surface area contributed by atoms with Crippen LogP contribution < -0.4 is 5.32 Å². The number of fused-ring (bicyclic) bond motifs is 2. The zero-order chi connectivity index (χ0) is 20.5. The lowest BCUT2D eigenvalue weighted by Gasteiger charge is -2.17. The smallest absolute Gasteiger partial charge is 0.260 e. The topological polar surface area (TPSA) is 41.6 Å². The number of hydrogen-bond donors (Lipinski definition) is 1. The molecule has 0 saturated carbocycles. The van der Waals surface area contributed by atoms with Crippen LogP contribution in [0.5, 0.6) is 0 Å². The Morgan fingerprint density at radius 2 is 1.90 bits per heavy atom. The quantitative estimate of drug-likeness (QED) is 0.700. The first-order valence-electron chi connectivity index (χ1n) is 10.4. The molecule has 1 N–H and O–H groups in total. The minimum absolute atomic E-state index is 0.138. The van der Waals surface area contributed by atoms with Gasteiger partial charge in [-0.2, -0.15) is 0 Å². The van der Waals surface area contributed by atoms with E-state index in [2.05, 4.69) is 36.2 Å². The molecule has 0 bridgehead atoms. The van der Waals surface area contributed by atoms with Crippen molar-refractivity contribution in [2.45, 2.75) is 39.7 Å². The second-order valence-electron chi connectivity index (χ2n) is 7.66. The molecule has 2 aliphatic heterocycles. The fourth-order valence-corrected chi connectivity index (χ4v) is 4.22. The third-order valence-electron chi connectivity index (χ3n) is 5.88. The Labute approximate surface area is 171 Å². The number of nitrogens with one attached hydrogen (secondary N) is 1. The molecular weight excluding hydrogens is 367 g/mol. The van der Waals surface area contributed by atoms with Gasteiger partial charge in [-0.05, 0) is 63.2 Å². The summed E-state index contributed by atoms with van der Waals surface area (Å²) in [5.74, 6) is -0.0684. The van der Waals surface area contributed by atoms with Crippen LogP contribution in [-0.4, -0.2) is 30.4 Å². The SMILES string of the molecule is CCN(CC)CCCc1ccc2c(c1)C(C)O/C2=C1/C(=O)Nc2ccc(F)cc21. The molecule has 1 atom stereocenters. The zero-order valence-electron chi connectivity index (χ0n) is 17.2. The third kappa shape index (κ3) is 3.67. The molecule has 29 heavy (non-hydrogen) atoms. The highest BCUT2D eigenvalue weighted by Gasteiger charge is 2.35. The highest BCUT2D eigenvalue weighted by Crippen LogP contribution is 2.45. The van der Waals surface area contributed by atoms with E-state index in [1.807, 2.05) is 13.0 Å². The van der Waals surface area contributed by atoms with Gasteiger partial charge in [-0.25, -0.2) is 4.39 Å². The van der Waals surface area contributed by atoms with Crippen molar-refractivity contribution < 1.29 is 13.9 Å². The summed E-state index contributed by atoms with van der Waals surface area (Å²) in [6, 6.07) is 10.7. The van der Waals surface area contributed by atoms with Crippen LogP contribution in [0.4, 0.5) is 10.1 Å². The minimum Gasteiger partial charge on any atom is -0.484 e. The van der Waals surface area contributed by atoms with Crippen molar-refractivity contribution in [3.05, 3.63) is 64.5 Å². The second-order valence-corrected chi connectivity index (χ2v) is 7.66. The monoisotopic (exact) mass is 394 g/mol. The van der Waals surface area contributed by atoms with Crippen molar-refractivity contribution >= 4 is 22.9 Å². The molecule has 4 rings (SSSR count). The molecule has 2 aromatic rings. The molecule has 1 unspecified atom stereocenters. The summed E-state index contributed by atoms with van der Waals surface area (Å²) in [6.07, 6.45) is 1.98. The van der Waals surface area contributed by atoms with Gasteiger partial charge in [0, 0.05) is 22.4 Å². The fourth-order valence-electron chi connectivity index (χ4n) is 4.22. The molecular formula is C24H27FN2O2. The van der Waals surface area contributed by atoms with Crippen LogP contribution in [0.1, 0.15) is 55.5 Å². The van der Waals surface area contributed by atoms with Gasteiger partial charge in [-0.1, -0.05) is 32.0 Å². The number of carbonyl (C=O) groups is 1. The highest BCUT2D eigenvalue weighted by atomic mass is 19.1. The van der Waals surface area contributed by atoms with Crippen LogP contribution in [0.15, 0.2) is 36.4 Å². The average molecular weight is 394 g/mol. The number of ether oxygens (including phenoxy) is 1. The lowest BCUT2D eigenvalue weighted by molar-refractivity contribution is -0.110. The zero-order valence-corrected chi connectivity index (χ0v) is 17.2. The van der Waals surface area contributed by atoms with Gasteiger partial charge in [0.15, 0.2) is 0 Å². The Bertz CT molecular complexity index is 979. The largest absolute Gasteiger partial charge is 0.484 e. The van der Waals surface area contributed by atoms with Gasteiger partial charge in [0.2, 0.25) is 0 Å². The lowest BCUT2D eigenvalue weighted by Crippen LogP contribution is -2.24. The van der Waals surface area contributed by atoms with E-state index in [9.17, 15) is 9.18 Å². The van der Waals surface area contributed by atoms with Gasteiger partial charge >= 0.3 is 0 Å². The van der Waals surface area contributed by atoms with Crippen molar-refractivity contribution in [1.29, 1.82) is 0 Å². The molecule has 1 amide bonds. The Balaban J connectivity index is 1.63. The van der Waals surface area contributed by atoms with E-state index in [0.717, 1.165) is 43.6 Å². The van der Waals surface area contributed by atoms with Gasteiger partial charge in [0.05, 0.1) is 5.57 Å². The number of rotatable bonds is 6. The predicted molar refractivity (Wildman–Crippen MR) is 114 cm³/mol. The molecule has 0 radical (unpaired) electrons. The summed E-state index contributed by atoms with van der Waals surface area (Å²) in [5, 5.41) is 2.81. The van der Waals surface area contributed by atoms with E-state index in [-0.39, 0.29) is 17.8 Å². The Morgan fingerprint density at radius 1 is 1.10 bits per heavy atom. The normalized spacial score (nSPS) is 19.9. The van der Waals surface area contributed by atoms with E-state index >= 15 is 0 Å². The van der Waals surface area contributed by atoms with Crippen LogP contribution in [0.3, 0.4) is 0 Å². The maximum atomic E-state index is 13.8. The van der Waals surface area contributed by atoms with E-state index in [0.29, 0.717) is 22.6 Å². The third-order valence-corrected chi connectivity index (χ3v) is 5.88. The molecule has 4 nitrogen and oxygen atoms in total.